The van der Waals surface area contributed by atoms with Crippen LogP contribution >= 0.6 is 0 Å². The molecule has 0 bridgehead atoms. The molecular weight excluding hydrogens is 356 g/mol. The van der Waals surface area contributed by atoms with Gasteiger partial charge in [0.15, 0.2) is 0 Å². The van der Waals surface area contributed by atoms with Crippen LogP contribution in [0.4, 0.5) is 11.6 Å². The van der Waals surface area contributed by atoms with Gasteiger partial charge in [-0.1, -0.05) is 6.07 Å². The van der Waals surface area contributed by atoms with Crippen LogP contribution in [0.25, 0.3) is 0 Å². The topological polar surface area (TPSA) is 67.8 Å². The lowest BCUT2D eigenvalue weighted by Crippen LogP contribution is -2.47. The number of piperidine rings is 1. The number of aromatic nitrogens is 2. The van der Waals surface area contributed by atoms with E-state index in [-0.39, 0.29) is 17.9 Å². The number of hydrogen-bond acceptors (Lipinski definition) is 6. The molecule has 1 fully saturated rings. The van der Waals surface area contributed by atoms with Crippen molar-refractivity contribution in [2.45, 2.75) is 32.8 Å². The molecule has 28 heavy (non-hydrogen) atoms. The van der Waals surface area contributed by atoms with Crippen molar-refractivity contribution in [3.63, 3.8) is 0 Å². The Balaban J connectivity index is 1.46. The van der Waals surface area contributed by atoms with Gasteiger partial charge in [-0.05, 0) is 44.4 Å². The maximum absolute atomic E-state index is 13.3. The number of nitrogens with zero attached hydrogens (tertiary/aromatic N) is 4. The highest BCUT2D eigenvalue weighted by atomic mass is 16.5. The summed E-state index contributed by atoms with van der Waals surface area (Å²) >= 11 is 0. The Hall–Kier alpha value is -2.83. The van der Waals surface area contributed by atoms with Crippen molar-refractivity contribution in [3.05, 3.63) is 36.0 Å². The SMILES string of the molecule is COc1ccnc(N2CCC(C(=O)N3CC(C)Oc4cc(C)ccc43)CC2)n1. The van der Waals surface area contributed by atoms with E-state index in [1.54, 1.807) is 19.4 Å². The van der Waals surface area contributed by atoms with E-state index in [0.29, 0.717) is 18.4 Å². The zero-order valence-corrected chi connectivity index (χ0v) is 16.6. The van der Waals surface area contributed by atoms with Gasteiger partial charge in [-0.25, -0.2) is 4.98 Å². The molecule has 0 spiro atoms. The second kappa shape index (κ2) is 7.66. The zero-order chi connectivity index (χ0) is 19.7. The summed E-state index contributed by atoms with van der Waals surface area (Å²) in [5, 5.41) is 0. The molecule has 1 amide bonds. The van der Waals surface area contributed by atoms with Crippen molar-refractivity contribution in [1.29, 1.82) is 0 Å². The highest BCUT2D eigenvalue weighted by Gasteiger charge is 2.34. The van der Waals surface area contributed by atoms with Gasteiger partial charge < -0.3 is 19.3 Å². The molecule has 148 valence electrons. The van der Waals surface area contributed by atoms with Crippen LogP contribution in [0.2, 0.25) is 0 Å². The van der Waals surface area contributed by atoms with Gasteiger partial charge in [-0.15, -0.1) is 0 Å². The van der Waals surface area contributed by atoms with Gasteiger partial charge in [0.25, 0.3) is 0 Å². The third kappa shape index (κ3) is 3.61. The van der Waals surface area contributed by atoms with E-state index in [0.717, 1.165) is 42.9 Å². The largest absolute Gasteiger partial charge is 0.487 e. The molecule has 3 heterocycles. The molecule has 2 aromatic rings. The maximum atomic E-state index is 13.3. The summed E-state index contributed by atoms with van der Waals surface area (Å²) in [6, 6.07) is 7.77. The number of aryl methyl sites for hydroxylation is 1. The van der Waals surface area contributed by atoms with Crippen LogP contribution in [-0.4, -0.2) is 48.7 Å². The molecule has 7 heteroatoms. The highest BCUT2D eigenvalue weighted by molar-refractivity contribution is 5.97. The van der Waals surface area contributed by atoms with E-state index in [4.69, 9.17) is 9.47 Å². The third-order valence-corrected chi connectivity index (χ3v) is 5.39. The summed E-state index contributed by atoms with van der Waals surface area (Å²) in [6.07, 6.45) is 3.26. The smallest absolute Gasteiger partial charge is 0.230 e. The van der Waals surface area contributed by atoms with E-state index in [9.17, 15) is 4.79 Å². The van der Waals surface area contributed by atoms with E-state index in [2.05, 4.69) is 14.9 Å². The fourth-order valence-corrected chi connectivity index (χ4v) is 3.90. The minimum absolute atomic E-state index is 0.00121. The molecule has 1 unspecified atom stereocenters. The fourth-order valence-electron chi connectivity index (χ4n) is 3.90. The second-order valence-electron chi connectivity index (χ2n) is 7.51. The summed E-state index contributed by atoms with van der Waals surface area (Å²) in [7, 11) is 1.60. The zero-order valence-electron chi connectivity index (χ0n) is 16.6. The minimum Gasteiger partial charge on any atom is -0.487 e. The van der Waals surface area contributed by atoms with Gasteiger partial charge in [0, 0.05) is 31.3 Å². The first kappa shape index (κ1) is 18.5. The standard InChI is InChI=1S/C21H26N4O3/c1-14-4-5-17-18(12-14)28-15(2)13-25(17)20(26)16-7-10-24(11-8-16)21-22-9-6-19(23-21)27-3/h4-6,9,12,15-16H,7-8,10-11,13H2,1-3H3. The normalized spacial score (nSPS) is 19.8. The molecule has 0 N–H and O–H groups in total. The van der Waals surface area contributed by atoms with Crippen molar-refractivity contribution >= 4 is 17.5 Å². The summed E-state index contributed by atoms with van der Waals surface area (Å²) in [6.45, 7) is 6.14. The molecule has 1 atom stereocenters. The molecule has 1 aromatic carbocycles. The highest BCUT2D eigenvalue weighted by Crippen LogP contribution is 2.36. The lowest BCUT2D eigenvalue weighted by atomic mass is 9.94. The first-order valence-electron chi connectivity index (χ1n) is 9.76. The van der Waals surface area contributed by atoms with Crippen molar-refractivity contribution in [2.75, 3.05) is 36.5 Å². The predicted octanol–water partition coefficient (Wildman–Crippen LogP) is 2.82. The summed E-state index contributed by atoms with van der Waals surface area (Å²) in [4.78, 5) is 26.1. The Labute approximate surface area is 165 Å². The molecular formula is C21H26N4O3. The number of carbonyl (C=O) groups is 1. The van der Waals surface area contributed by atoms with E-state index in [1.165, 1.54) is 0 Å². The van der Waals surface area contributed by atoms with E-state index in [1.807, 2.05) is 36.9 Å². The number of ether oxygens (including phenoxy) is 2. The third-order valence-electron chi connectivity index (χ3n) is 5.39. The van der Waals surface area contributed by atoms with E-state index < -0.39 is 0 Å². The van der Waals surface area contributed by atoms with Crippen LogP contribution < -0.4 is 19.3 Å². The quantitative estimate of drug-likeness (QED) is 0.813. The Bertz CT molecular complexity index is 864. The van der Waals surface area contributed by atoms with Gasteiger partial charge in [-0.3, -0.25) is 4.79 Å². The summed E-state index contributed by atoms with van der Waals surface area (Å²) in [5.41, 5.74) is 2.01. The van der Waals surface area contributed by atoms with Gasteiger partial charge >= 0.3 is 0 Å². The first-order chi connectivity index (χ1) is 13.5. The Morgan fingerprint density at radius 1 is 1.25 bits per heavy atom. The number of anilines is 2. The molecule has 2 aliphatic rings. The van der Waals surface area contributed by atoms with Crippen LogP contribution in [0.1, 0.15) is 25.3 Å². The Morgan fingerprint density at radius 3 is 2.79 bits per heavy atom. The lowest BCUT2D eigenvalue weighted by Gasteiger charge is -2.38. The van der Waals surface area contributed by atoms with Crippen molar-refractivity contribution in [2.24, 2.45) is 5.92 Å². The van der Waals surface area contributed by atoms with Crippen LogP contribution in [0.15, 0.2) is 30.5 Å². The summed E-state index contributed by atoms with van der Waals surface area (Å²) in [5.74, 6) is 2.20. The molecule has 2 aliphatic heterocycles. The predicted molar refractivity (Wildman–Crippen MR) is 107 cm³/mol. The Kier molecular flexibility index (Phi) is 5.07. The number of fused-ring (bicyclic) bond motifs is 1. The molecule has 0 saturated carbocycles. The molecule has 7 nitrogen and oxygen atoms in total. The molecule has 0 radical (unpaired) electrons. The van der Waals surface area contributed by atoms with Gasteiger partial charge in [-0.2, -0.15) is 4.98 Å². The van der Waals surface area contributed by atoms with Crippen molar-refractivity contribution < 1.29 is 14.3 Å². The van der Waals surface area contributed by atoms with Gasteiger partial charge in [0.05, 0.1) is 19.3 Å². The molecule has 1 aromatic heterocycles. The lowest BCUT2D eigenvalue weighted by molar-refractivity contribution is -0.123. The number of benzene rings is 1. The molecule has 1 saturated heterocycles. The number of rotatable bonds is 3. The second-order valence-corrected chi connectivity index (χ2v) is 7.51. The average Bonchev–Trinajstić information content (AvgIpc) is 2.72. The Morgan fingerprint density at radius 2 is 2.04 bits per heavy atom. The van der Waals surface area contributed by atoms with Gasteiger partial charge in [0.2, 0.25) is 17.7 Å². The average molecular weight is 382 g/mol. The van der Waals surface area contributed by atoms with E-state index >= 15 is 0 Å². The van der Waals surface area contributed by atoms with Crippen LogP contribution in [0.5, 0.6) is 11.6 Å². The van der Waals surface area contributed by atoms with Crippen LogP contribution in [0.3, 0.4) is 0 Å². The fraction of sp³-hybridized carbons (Fsp3) is 0.476. The monoisotopic (exact) mass is 382 g/mol. The van der Waals surface area contributed by atoms with Crippen LogP contribution in [-0.2, 0) is 4.79 Å². The molecule has 0 aliphatic carbocycles. The van der Waals surface area contributed by atoms with Crippen LogP contribution in [0, 0.1) is 12.8 Å². The van der Waals surface area contributed by atoms with Gasteiger partial charge in [0.1, 0.15) is 11.9 Å². The number of amides is 1. The number of carbonyl (C=O) groups excluding carboxylic acids is 1. The molecule has 4 rings (SSSR count). The van der Waals surface area contributed by atoms with Crippen molar-refractivity contribution in [1.82, 2.24) is 9.97 Å². The minimum atomic E-state index is -0.0106. The first-order valence-corrected chi connectivity index (χ1v) is 9.76. The van der Waals surface area contributed by atoms with Crippen molar-refractivity contribution in [3.8, 4) is 11.6 Å². The number of hydrogen-bond donors (Lipinski definition) is 0. The number of methoxy groups -OCH3 is 1. The maximum Gasteiger partial charge on any atom is 0.230 e. The summed E-state index contributed by atoms with van der Waals surface area (Å²) < 4.78 is 11.1.